The molecule has 0 fully saturated rings. The molecule has 0 radical (unpaired) electrons. The molecule has 70 valence electrons. The summed E-state index contributed by atoms with van der Waals surface area (Å²) in [5.41, 5.74) is 2.53. The van der Waals surface area contributed by atoms with Gasteiger partial charge in [-0.15, -0.1) is 0 Å². The van der Waals surface area contributed by atoms with E-state index in [-0.39, 0.29) is 5.56 Å². The van der Waals surface area contributed by atoms with E-state index in [9.17, 15) is 4.79 Å². The first-order valence-corrected chi connectivity index (χ1v) is 4.37. The average molecular weight is 186 g/mol. The fraction of sp³-hybridized carbons (Fsp3) is 0.0909. The first-order chi connectivity index (χ1) is 6.77. The fourth-order valence-electron chi connectivity index (χ4n) is 1.36. The van der Waals surface area contributed by atoms with Crippen LogP contribution in [0.25, 0.3) is 11.1 Å². The Morgan fingerprint density at radius 2 is 2.21 bits per heavy atom. The van der Waals surface area contributed by atoms with Crippen molar-refractivity contribution in [1.29, 1.82) is 0 Å². The van der Waals surface area contributed by atoms with Crippen LogP contribution in [-0.4, -0.2) is 9.97 Å². The summed E-state index contributed by atoms with van der Waals surface area (Å²) >= 11 is 0. The number of aryl methyl sites for hydroxylation is 1. The minimum absolute atomic E-state index is 0.106. The van der Waals surface area contributed by atoms with E-state index in [4.69, 9.17) is 0 Å². The summed E-state index contributed by atoms with van der Waals surface area (Å²) < 4.78 is 0. The van der Waals surface area contributed by atoms with Crippen molar-refractivity contribution in [2.75, 3.05) is 0 Å². The number of benzene rings is 1. The third-order valence-corrected chi connectivity index (χ3v) is 2.05. The lowest BCUT2D eigenvalue weighted by Gasteiger charge is -1.99. The predicted molar refractivity (Wildman–Crippen MR) is 55.0 cm³/mol. The van der Waals surface area contributed by atoms with E-state index >= 15 is 0 Å². The van der Waals surface area contributed by atoms with E-state index in [2.05, 4.69) is 9.97 Å². The number of nitrogens with one attached hydrogen (secondary N) is 1. The monoisotopic (exact) mass is 186 g/mol. The molecule has 0 saturated heterocycles. The molecular weight excluding hydrogens is 176 g/mol. The average Bonchev–Trinajstić information content (AvgIpc) is 2.18. The number of aromatic amines is 1. The van der Waals surface area contributed by atoms with E-state index in [1.54, 1.807) is 6.20 Å². The first kappa shape index (κ1) is 8.69. The molecule has 0 aliphatic heterocycles. The van der Waals surface area contributed by atoms with Gasteiger partial charge in [-0.2, -0.15) is 0 Å². The molecule has 2 aromatic rings. The molecule has 1 aromatic heterocycles. The Labute approximate surface area is 81.5 Å². The third kappa shape index (κ3) is 1.57. The largest absolute Gasteiger partial charge is 0.313 e. The number of aromatic nitrogens is 2. The van der Waals surface area contributed by atoms with Gasteiger partial charge in [0.1, 0.15) is 0 Å². The Kier molecular flexibility index (Phi) is 2.14. The fourth-order valence-corrected chi connectivity index (χ4v) is 1.36. The second-order valence-corrected chi connectivity index (χ2v) is 3.16. The van der Waals surface area contributed by atoms with E-state index in [0.717, 1.165) is 11.1 Å². The summed E-state index contributed by atoms with van der Waals surface area (Å²) in [4.78, 5) is 17.9. The van der Waals surface area contributed by atoms with E-state index < -0.39 is 0 Å². The van der Waals surface area contributed by atoms with E-state index in [0.29, 0.717) is 5.56 Å². The SMILES string of the molecule is Cc1cccc(-c2cnc[nH]c2=O)c1. The van der Waals surface area contributed by atoms with Crippen molar-refractivity contribution < 1.29 is 0 Å². The van der Waals surface area contributed by atoms with Crippen LogP contribution in [0.1, 0.15) is 5.56 Å². The van der Waals surface area contributed by atoms with Crippen LogP contribution in [0.5, 0.6) is 0 Å². The second kappa shape index (κ2) is 3.46. The molecular formula is C11H10N2O. The molecule has 0 spiro atoms. The summed E-state index contributed by atoms with van der Waals surface area (Å²) in [5, 5.41) is 0. The minimum atomic E-state index is -0.106. The topological polar surface area (TPSA) is 45.8 Å². The van der Waals surface area contributed by atoms with Gasteiger partial charge in [0.25, 0.3) is 5.56 Å². The lowest BCUT2D eigenvalue weighted by atomic mass is 10.1. The van der Waals surface area contributed by atoms with Crippen molar-refractivity contribution in [3.05, 3.63) is 52.7 Å². The zero-order chi connectivity index (χ0) is 9.97. The normalized spacial score (nSPS) is 10.1. The number of nitrogens with zero attached hydrogens (tertiary/aromatic N) is 1. The van der Waals surface area contributed by atoms with Crippen molar-refractivity contribution >= 4 is 0 Å². The van der Waals surface area contributed by atoms with Crippen LogP contribution in [0.2, 0.25) is 0 Å². The molecule has 3 nitrogen and oxygen atoms in total. The van der Waals surface area contributed by atoms with Gasteiger partial charge in [0.15, 0.2) is 0 Å². The van der Waals surface area contributed by atoms with E-state index in [1.807, 2.05) is 31.2 Å². The molecule has 0 amide bonds. The molecule has 0 saturated carbocycles. The van der Waals surface area contributed by atoms with Crippen molar-refractivity contribution in [3.8, 4) is 11.1 Å². The summed E-state index contributed by atoms with van der Waals surface area (Å²) in [5.74, 6) is 0. The Balaban J connectivity index is 2.61. The molecule has 0 aliphatic carbocycles. The van der Waals surface area contributed by atoms with Gasteiger partial charge in [-0.3, -0.25) is 4.79 Å². The predicted octanol–water partition coefficient (Wildman–Crippen LogP) is 1.75. The highest BCUT2D eigenvalue weighted by Crippen LogP contribution is 2.14. The van der Waals surface area contributed by atoms with Gasteiger partial charge in [0.2, 0.25) is 0 Å². The van der Waals surface area contributed by atoms with Crippen LogP contribution in [-0.2, 0) is 0 Å². The number of rotatable bonds is 1. The van der Waals surface area contributed by atoms with Gasteiger partial charge >= 0.3 is 0 Å². The smallest absolute Gasteiger partial charge is 0.258 e. The number of H-pyrrole nitrogens is 1. The standard InChI is InChI=1S/C11H10N2O/c1-8-3-2-4-9(5-8)10-6-12-7-13-11(10)14/h2-7H,1H3,(H,12,13,14). The van der Waals surface area contributed by atoms with E-state index in [1.165, 1.54) is 6.33 Å². The van der Waals surface area contributed by atoms with Crippen molar-refractivity contribution in [3.63, 3.8) is 0 Å². The third-order valence-electron chi connectivity index (χ3n) is 2.05. The quantitative estimate of drug-likeness (QED) is 0.737. The van der Waals surface area contributed by atoms with Gasteiger partial charge in [-0.25, -0.2) is 4.98 Å². The van der Waals surface area contributed by atoms with Gasteiger partial charge in [0.05, 0.1) is 11.9 Å². The Morgan fingerprint density at radius 1 is 1.36 bits per heavy atom. The Morgan fingerprint density at radius 3 is 2.93 bits per heavy atom. The molecule has 1 N–H and O–H groups in total. The summed E-state index contributed by atoms with van der Waals surface area (Å²) in [7, 11) is 0. The van der Waals surface area contributed by atoms with Gasteiger partial charge in [-0.1, -0.05) is 29.8 Å². The Hall–Kier alpha value is -1.90. The first-order valence-electron chi connectivity index (χ1n) is 4.37. The highest BCUT2D eigenvalue weighted by molar-refractivity contribution is 5.61. The molecule has 0 atom stereocenters. The summed E-state index contributed by atoms with van der Waals surface area (Å²) in [6, 6.07) is 7.79. The lowest BCUT2D eigenvalue weighted by molar-refractivity contribution is 1.12. The van der Waals surface area contributed by atoms with Crippen molar-refractivity contribution in [1.82, 2.24) is 9.97 Å². The van der Waals surface area contributed by atoms with Crippen LogP contribution >= 0.6 is 0 Å². The van der Waals surface area contributed by atoms with Crippen LogP contribution < -0.4 is 5.56 Å². The second-order valence-electron chi connectivity index (χ2n) is 3.16. The van der Waals surface area contributed by atoms with Crippen LogP contribution in [0.4, 0.5) is 0 Å². The lowest BCUT2D eigenvalue weighted by Crippen LogP contribution is -2.08. The summed E-state index contributed by atoms with van der Waals surface area (Å²) in [6.45, 7) is 1.99. The molecule has 3 heteroatoms. The maximum Gasteiger partial charge on any atom is 0.258 e. The van der Waals surface area contributed by atoms with Crippen LogP contribution in [0.15, 0.2) is 41.6 Å². The highest BCUT2D eigenvalue weighted by Gasteiger charge is 2.01. The molecule has 1 heterocycles. The molecule has 0 unspecified atom stereocenters. The maximum atomic E-state index is 11.4. The van der Waals surface area contributed by atoms with Gasteiger partial charge < -0.3 is 4.98 Å². The maximum absolute atomic E-state index is 11.4. The van der Waals surface area contributed by atoms with Gasteiger partial charge in [-0.05, 0) is 12.5 Å². The minimum Gasteiger partial charge on any atom is -0.313 e. The molecule has 1 aromatic carbocycles. The van der Waals surface area contributed by atoms with Crippen molar-refractivity contribution in [2.24, 2.45) is 0 Å². The molecule has 0 bridgehead atoms. The molecule has 2 rings (SSSR count). The number of hydrogen-bond donors (Lipinski definition) is 1. The van der Waals surface area contributed by atoms with Crippen molar-refractivity contribution in [2.45, 2.75) is 6.92 Å². The van der Waals surface area contributed by atoms with Crippen LogP contribution in [0, 0.1) is 6.92 Å². The number of hydrogen-bond acceptors (Lipinski definition) is 2. The van der Waals surface area contributed by atoms with Crippen LogP contribution in [0.3, 0.4) is 0 Å². The molecule has 14 heavy (non-hydrogen) atoms. The zero-order valence-electron chi connectivity index (χ0n) is 7.82. The highest BCUT2D eigenvalue weighted by atomic mass is 16.1. The summed E-state index contributed by atoms with van der Waals surface area (Å²) in [6.07, 6.45) is 2.97. The zero-order valence-corrected chi connectivity index (χ0v) is 7.82. The molecule has 0 aliphatic rings. The Bertz CT molecular complexity index is 502. The van der Waals surface area contributed by atoms with Gasteiger partial charge in [0, 0.05) is 6.20 Å².